The summed E-state index contributed by atoms with van der Waals surface area (Å²) in [6.45, 7) is 4.80. The fraction of sp³-hybridized carbons (Fsp3) is 0.297. The summed E-state index contributed by atoms with van der Waals surface area (Å²) in [7, 11) is 1.31. The van der Waals surface area contributed by atoms with Crippen LogP contribution in [0.25, 0.3) is 0 Å². The predicted octanol–water partition coefficient (Wildman–Crippen LogP) is 8.12. The third-order valence-corrected chi connectivity index (χ3v) is 8.67. The fourth-order valence-electron chi connectivity index (χ4n) is 5.17. The highest BCUT2D eigenvalue weighted by Crippen LogP contribution is 2.44. The number of hydrogen-bond acceptors (Lipinski definition) is 6. The van der Waals surface area contributed by atoms with E-state index in [1.54, 1.807) is 13.0 Å². The summed E-state index contributed by atoms with van der Waals surface area (Å²) in [5.74, 6) is 0.676. The summed E-state index contributed by atoms with van der Waals surface area (Å²) in [4.78, 5) is 24.6. The Morgan fingerprint density at radius 1 is 0.778 bits per heavy atom. The van der Waals surface area contributed by atoms with E-state index in [0.717, 1.165) is 33.8 Å². The van der Waals surface area contributed by atoms with Crippen molar-refractivity contribution in [2.45, 2.75) is 50.5 Å². The minimum absolute atomic E-state index is 0.184. The number of carbonyl (C=O) groups is 2. The molecule has 0 amide bonds. The highest BCUT2D eigenvalue weighted by atomic mass is 35.5. The third-order valence-electron chi connectivity index (χ3n) is 7.74. The maximum Gasteiger partial charge on any atom is 0.325 e. The van der Waals surface area contributed by atoms with Gasteiger partial charge in [-0.2, -0.15) is 0 Å². The molecule has 0 spiro atoms. The molecule has 0 radical (unpaired) electrons. The second kappa shape index (κ2) is 16.4. The zero-order valence-corrected chi connectivity index (χ0v) is 27.3. The van der Waals surface area contributed by atoms with Crippen molar-refractivity contribution >= 4 is 35.1 Å². The van der Waals surface area contributed by atoms with Gasteiger partial charge >= 0.3 is 11.9 Å². The standard InChI is InChI=1S/C37H38Cl2O6/c1-4-33(40)44-24-22-28-11-8-12-32(38)34(28)37(2,35(39)36(41)42-3)29-15-13-26(14-16-29)21-23-43-30-17-19-31(20-18-30)45-25-27-9-6-5-7-10-27/h5-20,35H,4,21-25H2,1-3H3. The molecule has 2 atom stereocenters. The van der Waals surface area contributed by atoms with Gasteiger partial charge in [-0.25, -0.2) is 0 Å². The Hall–Kier alpha value is -4.00. The number of halogens is 2. The molecule has 236 valence electrons. The molecule has 0 saturated heterocycles. The topological polar surface area (TPSA) is 71.1 Å². The molecule has 0 saturated carbocycles. The molecule has 0 fully saturated rings. The first-order chi connectivity index (χ1) is 21.8. The van der Waals surface area contributed by atoms with Crippen LogP contribution in [0.15, 0.2) is 97.1 Å². The fourth-order valence-corrected chi connectivity index (χ4v) is 5.88. The molecule has 45 heavy (non-hydrogen) atoms. The molecule has 6 nitrogen and oxygen atoms in total. The van der Waals surface area contributed by atoms with Gasteiger partial charge in [-0.1, -0.05) is 85.3 Å². The number of esters is 2. The first kappa shape index (κ1) is 33.9. The maximum absolute atomic E-state index is 12.8. The second-order valence-electron chi connectivity index (χ2n) is 10.7. The average Bonchev–Trinajstić information content (AvgIpc) is 3.07. The average molecular weight is 650 g/mol. The van der Waals surface area contributed by atoms with Crippen LogP contribution in [0.5, 0.6) is 11.5 Å². The lowest BCUT2D eigenvalue weighted by atomic mass is 9.71. The molecule has 0 aliphatic carbocycles. The van der Waals surface area contributed by atoms with Gasteiger partial charge in [-0.05, 0) is 65.1 Å². The lowest BCUT2D eigenvalue weighted by molar-refractivity contribution is -0.143. The summed E-state index contributed by atoms with van der Waals surface area (Å²) in [5.41, 5.74) is 3.44. The van der Waals surface area contributed by atoms with Crippen LogP contribution in [0.1, 0.15) is 48.1 Å². The van der Waals surface area contributed by atoms with Crippen molar-refractivity contribution in [1.29, 1.82) is 0 Å². The molecular weight excluding hydrogens is 611 g/mol. The largest absolute Gasteiger partial charge is 0.493 e. The molecule has 0 aliphatic heterocycles. The van der Waals surface area contributed by atoms with Crippen molar-refractivity contribution in [2.24, 2.45) is 0 Å². The van der Waals surface area contributed by atoms with Crippen molar-refractivity contribution in [1.82, 2.24) is 0 Å². The molecule has 4 rings (SSSR count). The van der Waals surface area contributed by atoms with Gasteiger partial charge in [-0.15, -0.1) is 11.6 Å². The molecular formula is C37H38Cl2O6. The monoisotopic (exact) mass is 648 g/mol. The lowest BCUT2D eigenvalue weighted by Crippen LogP contribution is -2.41. The highest BCUT2D eigenvalue weighted by molar-refractivity contribution is 6.33. The van der Waals surface area contributed by atoms with Crippen LogP contribution in [0.3, 0.4) is 0 Å². The van der Waals surface area contributed by atoms with E-state index in [-0.39, 0.29) is 12.6 Å². The van der Waals surface area contributed by atoms with E-state index in [0.29, 0.717) is 43.1 Å². The minimum atomic E-state index is -1.08. The Bertz CT molecular complexity index is 1540. The zero-order chi connectivity index (χ0) is 32.2. The highest BCUT2D eigenvalue weighted by Gasteiger charge is 2.44. The van der Waals surface area contributed by atoms with Crippen LogP contribution >= 0.6 is 23.2 Å². The van der Waals surface area contributed by atoms with Crippen LogP contribution in [-0.2, 0) is 43.9 Å². The van der Waals surface area contributed by atoms with Crippen LogP contribution < -0.4 is 9.47 Å². The maximum atomic E-state index is 12.8. The van der Waals surface area contributed by atoms with Crippen LogP contribution in [-0.4, -0.2) is 37.6 Å². The van der Waals surface area contributed by atoms with Crippen LogP contribution in [0, 0.1) is 0 Å². The van der Waals surface area contributed by atoms with Gasteiger partial charge in [0.05, 0.1) is 20.3 Å². The summed E-state index contributed by atoms with van der Waals surface area (Å²) >= 11 is 13.7. The Labute approximate surface area is 275 Å². The van der Waals surface area contributed by atoms with Gasteiger partial charge in [0.25, 0.3) is 0 Å². The normalized spacial score (nSPS) is 12.9. The molecule has 2 unspecified atom stereocenters. The van der Waals surface area contributed by atoms with Crippen molar-refractivity contribution in [3.05, 3.63) is 130 Å². The quantitative estimate of drug-likeness (QED) is 0.0957. The number of benzene rings is 4. The van der Waals surface area contributed by atoms with Crippen molar-refractivity contribution in [3.8, 4) is 11.5 Å². The smallest absolute Gasteiger partial charge is 0.325 e. The van der Waals surface area contributed by atoms with E-state index in [9.17, 15) is 9.59 Å². The Morgan fingerprint density at radius 3 is 2.09 bits per heavy atom. The summed E-state index contributed by atoms with van der Waals surface area (Å²) in [6.07, 6.45) is 1.38. The predicted molar refractivity (Wildman–Crippen MR) is 177 cm³/mol. The zero-order valence-electron chi connectivity index (χ0n) is 25.8. The summed E-state index contributed by atoms with van der Waals surface area (Å²) < 4.78 is 22.2. The van der Waals surface area contributed by atoms with E-state index in [1.165, 1.54) is 7.11 Å². The Balaban J connectivity index is 1.45. The van der Waals surface area contributed by atoms with Crippen LogP contribution in [0.2, 0.25) is 5.02 Å². The van der Waals surface area contributed by atoms with E-state index in [4.69, 9.17) is 42.1 Å². The first-order valence-corrected chi connectivity index (χ1v) is 15.7. The Kier molecular flexibility index (Phi) is 12.3. The van der Waals surface area contributed by atoms with Crippen molar-refractivity contribution < 1.29 is 28.5 Å². The summed E-state index contributed by atoms with van der Waals surface area (Å²) in [6, 6.07) is 31.0. The molecule has 8 heteroatoms. The first-order valence-electron chi connectivity index (χ1n) is 14.9. The molecule has 0 aromatic heterocycles. The van der Waals surface area contributed by atoms with E-state index in [1.807, 2.05) is 97.9 Å². The lowest BCUT2D eigenvalue weighted by Gasteiger charge is -2.36. The summed E-state index contributed by atoms with van der Waals surface area (Å²) in [5, 5.41) is -0.617. The van der Waals surface area contributed by atoms with Crippen LogP contribution in [0.4, 0.5) is 0 Å². The minimum Gasteiger partial charge on any atom is -0.493 e. The van der Waals surface area contributed by atoms with Crippen molar-refractivity contribution in [2.75, 3.05) is 20.3 Å². The van der Waals surface area contributed by atoms with Gasteiger partial charge in [0.2, 0.25) is 0 Å². The number of carbonyl (C=O) groups excluding carboxylic acids is 2. The number of ether oxygens (including phenoxy) is 4. The number of hydrogen-bond donors (Lipinski definition) is 0. The van der Waals surface area contributed by atoms with Gasteiger partial charge in [0, 0.05) is 29.7 Å². The van der Waals surface area contributed by atoms with E-state index >= 15 is 0 Å². The second-order valence-corrected chi connectivity index (χ2v) is 11.6. The molecule has 0 bridgehead atoms. The van der Waals surface area contributed by atoms with E-state index in [2.05, 4.69) is 0 Å². The van der Waals surface area contributed by atoms with Gasteiger partial charge < -0.3 is 18.9 Å². The number of rotatable bonds is 15. The van der Waals surface area contributed by atoms with Gasteiger partial charge in [0.1, 0.15) is 23.5 Å². The number of alkyl halides is 1. The van der Waals surface area contributed by atoms with E-state index < -0.39 is 16.8 Å². The molecule has 0 N–H and O–H groups in total. The SMILES string of the molecule is CCC(=O)OCCc1cccc(Cl)c1C(C)(c1ccc(CCOc2ccc(OCc3ccccc3)cc2)cc1)C(Cl)C(=O)OC. The van der Waals surface area contributed by atoms with Gasteiger partial charge in [-0.3, -0.25) is 9.59 Å². The number of methoxy groups -OCH3 is 1. The van der Waals surface area contributed by atoms with Gasteiger partial charge in [0.15, 0.2) is 0 Å². The molecule has 4 aromatic rings. The molecule has 0 aliphatic rings. The molecule has 0 heterocycles. The third kappa shape index (κ3) is 8.80. The molecule has 4 aromatic carbocycles. The Morgan fingerprint density at radius 2 is 1.44 bits per heavy atom. The van der Waals surface area contributed by atoms with Crippen molar-refractivity contribution in [3.63, 3.8) is 0 Å².